The molecule has 0 radical (unpaired) electrons. The first-order valence-corrected chi connectivity index (χ1v) is 8.06. The summed E-state index contributed by atoms with van der Waals surface area (Å²) in [6, 6.07) is 4.16. The van der Waals surface area contributed by atoms with Crippen LogP contribution in [0.2, 0.25) is 5.02 Å². The molecule has 0 spiro atoms. The Morgan fingerprint density at radius 1 is 1.39 bits per heavy atom. The van der Waals surface area contributed by atoms with Gasteiger partial charge in [-0.05, 0) is 18.5 Å². The van der Waals surface area contributed by atoms with Crippen LogP contribution in [0.15, 0.2) is 18.2 Å². The van der Waals surface area contributed by atoms with Crippen LogP contribution in [-0.2, 0) is 11.2 Å². The molecular weight excluding hydrogens is 320 g/mol. The summed E-state index contributed by atoms with van der Waals surface area (Å²) in [5, 5.41) is 17.1. The van der Waals surface area contributed by atoms with Crippen molar-refractivity contribution in [3.8, 4) is 0 Å². The molecule has 23 heavy (non-hydrogen) atoms. The number of carbonyl (C=O) groups excluding carboxylic acids is 1. The fourth-order valence-electron chi connectivity index (χ4n) is 2.49. The highest BCUT2D eigenvalue weighted by Crippen LogP contribution is 2.22. The molecule has 126 valence electrons. The second-order valence-corrected chi connectivity index (χ2v) is 5.91. The number of rotatable bonds is 7. The van der Waals surface area contributed by atoms with Gasteiger partial charge in [0, 0.05) is 44.9 Å². The summed E-state index contributed by atoms with van der Waals surface area (Å²) < 4.78 is 0. The third-order valence-corrected chi connectivity index (χ3v) is 4.13. The van der Waals surface area contributed by atoms with Gasteiger partial charge in [-0.2, -0.15) is 0 Å². The van der Waals surface area contributed by atoms with Crippen LogP contribution in [0.25, 0.3) is 0 Å². The molecule has 0 unspecified atom stereocenters. The van der Waals surface area contributed by atoms with Crippen molar-refractivity contribution in [3.05, 3.63) is 38.9 Å². The van der Waals surface area contributed by atoms with E-state index in [-0.39, 0.29) is 23.0 Å². The van der Waals surface area contributed by atoms with E-state index in [1.165, 1.54) is 18.2 Å². The number of hydrogen-bond acceptors (Lipinski definition) is 5. The van der Waals surface area contributed by atoms with E-state index in [2.05, 4.69) is 15.5 Å². The minimum absolute atomic E-state index is 0.0739. The van der Waals surface area contributed by atoms with Gasteiger partial charge in [-0.1, -0.05) is 17.7 Å². The van der Waals surface area contributed by atoms with Crippen LogP contribution in [0.3, 0.4) is 0 Å². The van der Waals surface area contributed by atoms with Gasteiger partial charge in [0.05, 0.1) is 16.4 Å². The third kappa shape index (κ3) is 5.78. The molecule has 0 aliphatic carbocycles. The van der Waals surface area contributed by atoms with Gasteiger partial charge in [-0.15, -0.1) is 0 Å². The van der Waals surface area contributed by atoms with Crippen LogP contribution >= 0.6 is 11.6 Å². The maximum atomic E-state index is 11.9. The number of halogens is 1. The SMILES string of the molecule is O=C(Cc1ccc([N+](=O)[O-])cc1Cl)NCCCN1CCNCC1. The summed E-state index contributed by atoms with van der Waals surface area (Å²) in [7, 11) is 0. The Bertz CT molecular complexity index is 562. The fraction of sp³-hybridized carbons (Fsp3) is 0.533. The Morgan fingerprint density at radius 2 is 2.13 bits per heavy atom. The third-order valence-electron chi connectivity index (χ3n) is 3.78. The van der Waals surface area contributed by atoms with Gasteiger partial charge < -0.3 is 15.5 Å². The number of nitrogens with zero attached hydrogens (tertiary/aromatic N) is 2. The average molecular weight is 341 g/mol. The van der Waals surface area contributed by atoms with Gasteiger partial charge in [0.15, 0.2) is 0 Å². The zero-order valence-electron chi connectivity index (χ0n) is 12.9. The second kappa shape index (κ2) is 8.81. The smallest absolute Gasteiger partial charge is 0.270 e. The highest BCUT2D eigenvalue weighted by molar-refractivity contribution is 6.31. The molecule has 1 aromatic carbocycles. The molecule has 2 N–H and O–H groups in total. The van der Waals surface area contributed by atoms with Crippen LogP contribution in [0, 0.1) is 10.1 Å². The minimum Gasteiger partial charge on any atom is -0.356 e. The highest BCUT2D eigenvalue weighted by Gasteiger charge is 2.12. The molecule has 0 aromatic heterocycles. The van der Waals surface area contributed by atoms with E-state index in [4.69, 9.17) is 11.6 Å². The molecule has 0 atom stereocenters. The summed E-state index contributed by atoms with van der Waals surface area (Å²) in [6.45, 7) is 5.72. The van der Waals surface area contributed by atoms with Crippen molar-refractivity contribution in [1.29, 1.82) is 0 Å². The molecule has 1 aliphatic rings. The first-order chi connectivity index (χ1) is 11.1. The fourth-order valence-corrected chi connectivity index (χ4v) is 2.74. The normalized spacial score (nSPS) is 15.3. The first kappa shape index (κ1) is 17.7. The van der Waals surface area contributed by atoms with Crippen molar-refractivity contribution in [2.24, 2.45) is 0 Å². The molecule has 1 fully saturated rings. The Morgan fingerprint density at radius 3 is 2.78 bits per heavy atom. The second-order valence-electron chi connectivity index (χ2n) is 5.50. The van der Waals surface area contributed by atoms with E-state index in [9.17, 15) is 14.9 Å². The average Bonchev–Trinajstić information content (AvgIpc) is 2.54. The van der Waals surface area contributed by atoms with Crippen molar-refractivity contribution in [2.75, 3.05) is 39.3 Å². The molecule has 0 saturated carbocycles. The summed E-state index contributed by atoms with van der Waals surface area (Å²) >= 11 is 5.98. The first-order valence-electron chi connectivity index (χ1n) is 7.69. The number of nitro benzene ring substituents is 1. The zero-order valence-corrected chi connectivity index (χ0v) is 13.6. The van der Waals surface area contributed by atoms with Crippen LogP contribution in [0.1, 0.15) is 12.0 Å². The van der Waals surface area contributed by atoms with E-state index in [0.717, 1.165) is 39.1 Å². The van der Waals surface area contributed by atoms with Crippen molar-refractivity contribution in [2.45, 2.75) is 12.8 Å². The van der Waals surface area contributed by atoms with Gasteiger partial charge in [-0.3, -0.25) is 14.9 Å². The Kier molecular flexibility index (Phi) is 6.76. The largest absolute Gasteiger partial charge is 0.356 e. The van der Waals surface area contributed by atoms with Crippen molar-refractivity contribution in [1.82, 2.24) is 15.5 Å². The molecule has 2 rings (SSSR count). The molecule has 8 heteroatoms. The number of hydrogen-bond donors (Lipinski definition) is 2. The standard InChI is InChI=1S/C15H21ClN4O3/c16-14-11-13(20(22)23)3-2-12(14)10-15(21)18-4-1-7-19-8-5-17-6-9-19/h2-3,11,17H,1,4-10H2,(H,18,21). The molecule has 1 aliphatic heterocycles. The number of non-ortho nitro benzene ring substituents is 1. The van der Waals surface area contributed by atoms with Gasteiger partial charge in [0.2, 0.25) is 5.91 Å². The van der Waals surface area contributed by atoms with Gasteiger partial charge >= 0.3 is 0 Å². The highest BCUT2D eigenvalue weighted by atomic mass is 35.5. The number of amides is 1. The number of piperazine rings is 1. The molecular formula is C15H21ClN4O3. The minimum atomic E-state index is -0.508. The molecule has 0 bridgehead atoms. The van der Waals surface area contributed by atoms with Gasteiger partial charge in [0.1, 0.15) is 0 Å². The van der Waals surface area contributed by atoms with Crippen LogP contribution in [0.4, 0.5) is 5.69 Å². The summed E-state index contributed by atoms with van der Waals surface area (Å²) in [5.74, 6) is -0.124. The van der Waals surface area contributed by atoms with Gasteiger partial charge in [0.25, 0.3) is 5.69 Å². The van der Waals surface area contributed by atoms with Gasteiger partial charge in [-0.25, -0.2) is 0 Å². The number of nitro groups is 1. The van der Waals surface area contributed by atoms with E-state index in [1.54, 1.807) is 0 Å². The van der Waals surface area contributed by atoms with Crippen molar-refractivity contribution < 1.29 is 9.72 Å². The Balaban J connectivity index is 1.71. The summed E-state index contributed by atoms with van der Waals surface area (Å²) in [5.41, 5.74) is 0.520. The van der Waals surface area contributed by atoms with Crippen molar-refractivity contribution in [3.63, 3.8) is 0 Å². The number of nitrogens with one attached hydrogen (secondary N) is 2. The van der Waals surface area contributed by atoms with Crippen LogP contribution in [-0.4, -0.2) is 55.0 Å². The predicted molar refractivity (Wildman–Crippen MR) is 88.7 cm³/mol. The quantitative estimate of drug-likeness (QED) is 0.442. The topological polar surface area (TPSA) is 87.5 Å². The lowest BCUT2D eigenvalue weighted by Crippen LogP contribution is -2.44. The summed E-state index contributed by atoms with van der Waals surface area (Å²) in [6.07, 6.45) is 1.03. The molecule has 1 aromatic rings. The maximum Gasteiger partial charge on any atom is 0.270 e. The summed E-state index contributed by atoms with van der Waals surface area (Å²) in [4.78, 5) is 24.4. The Labute approximate surface area is 140 Å². The van der Waals surface area contributed by atoms with E-state index >= 15 is 0 Å². The number of carbonyl (C=O) groups is 1. The predicted octanol–water partition coefficient (Wildman–Crippen LogP) is 1.20. The molecule has 7 nitrogen and oxygen atoms in total. The zero-order chi connectivity index (χ0) is 16.7. The molecule has 1 amide bonds. The monoisotopic (exact) mass is 340 g/mol. The van der Waals surface area contributed by atoms with E-state index in [1.807, 2.05) is 0 Å². The van der Waals surface area contributed by atoms with Crippen LogP contribution in [0.5, 0.6) is 0 Å². The Hall–Kier alpha value is -1.70. The number of benzene rings is 1. The van der Waals surface area contributed by atoms with E-state index in [0.29, 0.717) is 12.1 Å². The van der Waals surface area contributed by atoms with Crippen molar-refractivity contribution >= 4 is 23.2 Å². The lowest BCUT2D eigenvalue weighted by atomic mass is 10.1. The lowest BCUT2D eigenvalue weighted by Gasteiger charge is -2.27. The lowest BCUT2D eigenvalue weighted by molar-refractivity contribution is -0.384. The van der Waals surface area contributed by atoms with E-state index < -0.39 is 4.92 Å². The molecule has 1 heterocycles. The molecule has 1 saturated heterocycles. The van der Waals surface area contributed by atoms with Crippen LogP contribution < -0.4 is 10.6 Å². The maximum absolute atomic E-state index is 11.9.